The zero-order chi connectivity index (χ0) is 93.7. The summed E-state index contributed by atoms with van der Waals surface area (Å²) in [6.45, 7) is 3.48. The van der Waals surface area contributed by atoms with E-state index < -0.39 is 0 Å². The highest BCUT2D eigenvalue weighted by atomic mass is 16.5. The summed E-state index contributed by atoms with van der Waals surface area (Å²) < 4.78 is 10.1. The van der Waals surface area contributed by atoms with Gasteiger partial charge in [-0.1, -0.05) is 146 Å². The number of carbonyl (C=O) groups is 9. The van der Waals surface area contributed by atoms with E-state index in [0.717, 1.165) is 33.9 Å². The van der Waals surface area contributed by atoms with Crippen LogP contribution in [0.2, 0.25) is 0 Å². The van der Waals surface area contributed by atoms with Crippen LogP contribution in [0.4, 0.5) is 68.8 Å². The number of aromatic amines is 4. The lowest BCUT2D eigenvalue weighted by atomic mass is 10.0. The number of ether oxygens (including phenoxy) is 2. The molecule has 17 rings (SSSR count). The summed E-state index contributed by atoms with van der Waals surface area (Å²) in [5.41, 5.74) is 14.3. The molecule has 0 aliphatic heterocycles. The Bertz CT molecular complexity index is 6940. The fourth-order valence-corrected chi connectivity index (χ4v) is 14.1. The summed E-state index contributed by atoms with van der Waals surface area (Å²) in [6, 6.07) is 73.1. The van der Waals surface area contributed by atoms with Gasteiger partial charge in [-0.15, -0.1) is 0 Å². The summed E-state index contributed by atoms with van der Waals surface area (Å²) in [5.74, 6) is 1.03. The third-order valence-electron chi connectivity index (χ3n) is 20.7. The number of benzene rings is 9. The summed E-state index contributed by atoms with van der Waals surface area (Å²) in [6.07, 6.45) is 14.3. The maximum absolute atomic E-state index is 13.1. The molecule has 0 bridgehead atoms. The van der Waals surface area contributed by atoms with Crippen molar-refractivity contribution in [2.45, 2.75) is 45.6 Å². The molecule has 134 heavy (non-hydrogen) atoms. The third kappa shape index (κ3) is 24.9. The first-order chi connectivity index (χ1) is 65.3. The minimum Gasteiger partial charge on any atom is -0.385 e. The fourth-order valence-electron chi connectivity index (χ4n) is 14.1. The molecular formula is C101H94N22O11. The maximum atomic E-state index is 13.1. The summed E-state index contributed by atoms with van der Waals surface area (Å²) in [4.78, 5) is 160. The highest BCUT2D eigenvalue weighted by Crippen LogP contribution is 2.34. The predicted molar refractivity (Wildman–Crippen MR) is 517 cm³/mol. The molecule has 0 fully saturated rings. The molecule has 0 aliphatic carbocycles. The number of amides is 5. The molecule has 13 N–H and O–H groups in total. The average Bonchev–Trinajstić information content (AvgIpc) is 1.65. The number of nitrogens with one attached hydrogen (secondary N) is 13. The van der Waals surface area contributed by atoms with Gasteiger partial charge in [0.1, 0.15) is 71.2 Å². The molecule has 0 unspecified atom stereocenters. The van der Waals surface area contributed by atoms with Gasteiger partial charge in [-0.3, -0.25) is 43.2 Å². The minimum absolute atomic E-state index is 0.0340. The largest absolute Gasteiger partial charge is 0.385 e. The standard InChI is InChI=1S/C29H25N5O3.C24H22N6O3.C24H24N6O2.C24H23N5O3/c1-37-17-20-9-7-19(8-10-20)15-25(35)33-22-11-13-23(14-12-22)34-29-26-24(16-30-28(26)31-18-32-29)27(36)21-5-3-2-4-6-21;1-15(31)25-12-11-20(32)29-17-7-9-18(10-8-17)30-24-21-19(13-26-23(21)27-14-28-24)22(33)16-5-3-2-4-6-16;1-30(2)13-12-20(31)28-17-8-10-18(11-9-17)29-24-21-19(14-25-23(21)26-15-27-24)22(32)16-6-4-3-5-7-16;1-32-13-5-8-20(30)28-17-9-11-18(12-10-17)29-24-21-19(14-25-23(21)26-15-27-24)22(31)16-6-3-2-4-7-16/h2-14,16,18H,15,17H2,1H3,(H,33,35)(H2,30,31,32,34);2-10,13-14H,11-12H2,1H3,(H,25,31)(H,29,32)(H2,26,27,28,30);3-11,14-15H,12-13H2,1-2H3,(H,28,31)(H2,25,26,27,29);2-4,6-7,9-12,14-15H,5,8,13H2,1H3,(H,28,30)(H2,25,26,27,29). The molecule has 0 saturated heterocycles. The van der Waals surface area contributed by atoms with Gasteiger partial charge in [0.25, 0.3) is 0 Å². The lowest BCUT2D eigenvalue weighted by Gasteiger charge is -2.11. The van der Waals surface area contributed by atoms with E-state index >= 15 is 0 Å². The molecular weight excluding hydrogens is 1700 g/mol. The number of hydrogen-bond donors (Lipinski definition) is 13. The first-order valence-electron chi connectivity index (χ1n) is 42.6. The van der Waals surface area contributed by atoms with E-state index in [1.54, 1.807) is 112 Å². The van der Waals surface area contributed by atoms with Crippen molar-refractivity contribution in [3.8, 4) is 0 Å². The van der Waals surface area contributed by atoms with Crippen molar-refractivity contribution in [2.24, 2.45) is 0 Å². The molecule has 0 saturated carbocycles. The van der Waals surface area contributed by atoms with E-state index in [1.807, 2.05) is 189 Å². The highest BCUT2D eigenvalue weighted by Gasteiger charge is 2.25. The first kappa shape index (κ1) is 92.7. The van der Waals surface area contributed by atoms with Crippen LogP contribution in [0, 0.1) is 0 Å². The van der Waals surface area contributed by atoms with Gasteiger partial charge in [0.15, 0.2) is 23.1 Å². The van der Waals surface area contributed by atoms with Crippen molar-refractivity contribution in [1.29, 1.82) is 0 Å². The van der Waals surface area contributed by atoms with Gasteiger partial charge in [-0.2, -0.15) is 0 Å². The second kappa shape index (κ2) is 45.5. The van der Waals surface area contributed by atoms with Crippen LogP contribution < -0.4 is 47.9 Å². The van der Waals surface area contributed by atoms with Gasteiger partial charge >= 0.3 is 0 Å². The van der Waals surface area contributed by atoms with Gasteiger partial charge in [-0.05, 0) is 129 Å². The van der Waals surface area contributed by atoms with Crippen LogP contribution in [0.25, 0.3) is 44.1 Å². The number of nitrogens with zero attached hydrogens (tertiary/aromatic N) is 9. The molecule has 0 spiro atoms. The van der Waals surface area contributed by atoms with Crippen molar-refractivity contribution < 1.29 is 52.6 Å². The Balaban J connectivity index is 0.000000144. The van der Waals surface area contributed by atoms with Gasteiger partial charge in [0, 0.05) is 153 Å². The van der Waals surface area contributed by atoms with Crippen LogP contribution in [-0.4, -0.2) is 165 Å². The van der Waals surface area contributed by atoms with Crippen LogP contribution in [0.3, 0.4) is 0 Å². The highest BCUT2D eigenvalue weighted by molar-refractivity contribution is 6.21. The number of methoxy groups -OCH3 is 2. The second-order valence-electron chi connectivity index (χ2n) is 30.7. The van der Waals surface area contributed by atoms with Crippen LogP contribution in [0.1, 0.15) is 107 Å². The van der Waals surface area contributed by atoms with Crippen molar-refractivity contribution in [3.05, 3.63) is 348 Å². The number of H-pyrrole nitrogens is 4. The molecule has 33 nitrogen and oxygen atoms in total. The van der Waals surface area contributed by atoms with Crippen LogP contribution >= 0.6 is 0 Å². The van der Waals surface area contributed by atoms with Gasteiger partial charge < -0.3 is 82.2 Å². The molecule has 9 aromatic carbocycles. The lowest BCUT2D eigenvalue weighted by Crippen LogP contribution is -2.25. The van der Waals surface area contributed by atoms with E-state index in [2.05, 4.69) is 108 Å². The second-order valence-corrected chi connectivity index (χ2v) is 30.7. The Labute approximate surface area is 768 Å². The molecule has 8 aromatic heterocycles. The number of rotatable bonds is 34. The Hall–Kier alpha value is -17.4. The molecule has 0 radical (unpaired) electrons. The molecule has 0 aliphatic rings. The summed E-state index contributed by atoms with van der Waals surface area (Å²) in [5, 5.41) is 29.5. The van der Waals surface area contributed by atoms with Gasteiger partial charge in [-0.25, -0.2) is 39.9 Å². The van der Waals surface area contributed by atoms with Crippen molar-refractivity contribution in [1.82, 2.24) is 70.0 Å². The van der Waals surface area contributed by atoms with Crippen LogP contribution in [0.5, 0.6) is 0 Å². The number of hydrogen-bond acceptors (Lipinski definition) is 24. The molecule has 5 amide bonds. The number of aromatic nitrogens is 12. The summed E-state index contributed by atoms with van der Waals surface area (Å²) >= 11 is 0. The maximum Gasteiger partial charge on any atom is 0.228 e. The zero-order valence-electron chi connectivity index (χ0n) is 73.6. The number of carbonyl (C=O) groups excluding carboxylic acids is 9. The topological polar surface area (TPSA) is 450 Å². The SMILES string of the molecule is CC(=O)NCCC(=O)Nc1ccc(Nc2ncnc3[nH]cc(C(=O)c4ccccc4)c23)cc1.CN(C)CCC(=O)Nc1ccc(Nc2ncnc3[nH]cc(C(=O)c4ccccc4)c23)cc1.COCCCC(=O)Nc1ccc(Nc2ncnc3[nH]cc(C(=O)c4ccccc4)c23)cc1.COCc1ccc(CC(=O)Nc2ccc(Nc3ncnc4[nH]cc(C(=O)c5ccccc5)c34)cc2)cc1. The van der Waals surface area contributed by atoms with Crippen molar-refractivity contribution >= 4 is 166 Å². The van der Waals surface area contributed by atoms with Crippen molar-refractivity contribution in [2.75, 3.05) is 90.5 Å². The minimum atomic E-state index is -0.196. The Kier molecular flexibility index (Phi) is 31.5. The smallest absolute Gasteiger partial charge is 0.228 e. The summed E-state index contributed by atoms with van der Waals surface area (Å²) in [7, 11) is 7.13. The van der Waals surface area contributed by atoms with E-state index in [1.165, 1.54) is 32.2 Å². The van der Waals surface area contributed by atoms with Crippen molar-refractivity contribution in [3.63, 3.8) is 0 Å². The fraction of sp³-hybridized carbons (Fsp3) is 0.139. The van der Waals surface area contributed by atoms with Crippen LogP contribution in [-0.2, 0) is 46.5 Å². The van der Waals surface area contributed by atoms with E-state index in [4.69, 9.17) is 9.47 Å². The molecule has 33 heteroatoms. The Morgan fingerprint density at radius 2 is 0.604 bits per heavy atom. The van der Waals surface area contributed by atoms with Gasteiger partial charge in [0.05, 0.1) is 56.8 Å². The Morgan fingerprint density at radius 3 is 0.896 bits per heavy atom. The molecule has 17 aromatic rings. The van der Waals surface area contributed by atoms with E-state index in [-0.39, 0.29) is 72.1 Å². The number of fused-ring (bicyclic) bond motifs is 4. The Morgan fingerprint density at radius 1 is 0.321 bits per heavy atom. The normalized spacial score (nSPS) is 10.8. The molecule has 8 heterocycles. The average molecular weight is 1790 g/mol. The monoisotopic (exact) mass is 1790 g/mol. The number of ketones is 4. The molecule has 0 atom stereocenters. The molecule has 674 valence electrons. The predicted octanol–water partition coefficient (Wildman–Crippen LogP) is 16.8. The third-order valence-corrected chi connectivity index (χ3v) is 20.7. The van der Waals surface area contributed by atoms with Gasteiger partial charge in [0.2, 0.25) is 29.5 Å². The number of anilines is 12. The van der Waals surface area contributed by atoms with Crippen LogP contribution in [0.15, 0.2) is 293 Å². The lowest BCUT2D eigenvalue weighted by molar-refractivity contribution is -0.120. The first-order valence-corrected chi connectivity index (χ1v) is 42.6. The zero-order valence-corrected chi connectivity index (χ0v) is 73.6. The van der Waals surface area contributed by atoms with E-state index in [9.17, 15) is 43.2 Å². The van der Waals surface area contributed by atoms with E-state index in [0.29, 0.717) is 174 Å². The quantitative estimate of drug-likeness (QED) is 0.0132.